The molecule has 0 aromatic heterocycles. The molecule has 28 heavy (non-hydrogen) atoms. The van der Waals surface area contributed by atoms with Crippen molar-refractivity contribution >= 4 is 29.0 Å². The summed E-state index contributed by atoms with van der Waals surface area (Å²) in [5.41, 5.74) is 3.52. The van der Waals surface area contributed by atoms with E-state index in [2.05, 4.69) is 60.6 Å². The van der Waals surface area contributed by atoms with Gasteiger partial charge >= 0.3 is 5.97 Å². The van der Waals surface area contributed by atoms with Crippen molar-refractivity contribution in [2.75, 3.05) is 24.6 Å². The number of nitrogens with zero attached hydrogens (tertiary/aromatic N) is 1. The summed E-state index contributed by atoms with van der Waals surface area (Å²) in [5.74, 6) is -0.283. The quantitative estimate of drug-likeness (QED) is 0.342. The van der Waals surface area contributed by atoms with Gasteiger partial charge < -0.3 is 20.3 Å². The molecule has 0 saturated carbocycles. The van der Waals surface area contributed by atoms with Gasteiger partial charge in [0.25, 0.3) is 0 Å². The predicted molar refractivity (Wildman–Crippen MR) is 119 cm³/mol. The van der Waals surface area contributed by atoms with Crippen LogP contribution in [0.5, 0.6) is 0 Å². The van der Waals surface area contributed by atoms with E-state index in [1.54, 1.807) is 0 Å². The Morgan fingerprint density at radius 3 is 2.39 bits per heavy atom. The number of ether oxygens (including phenoxy) is 1. The van der Waals surface area contributed by atoms with Crippen molar-refractivity contribution in [3.05, 3.63) is 41.1 Å². The van der Waals surface area contributed by atoms with E-state index in [1.807, 2.05) is 6.92 Å². The number of carbonyl (C=O) groups excluding carboxylic acids is 1. The number of anilines is 1. The van der Waals surface area contributed by atoms with Crippen molar-refractivity contribution in [1.29, 1.82) is 0 Å². The van der Waals surface area contributed by atoms with Crippen LogP contribution in [-0.4, -0.2) is 30.8 Å². The summed E-state index contributed by atoms with van der Waals surface area (Å²) in [7, 11) is 0. The maximum atomic E-state index is 12.8. The molecule has 0 fully saturated rings. The van der Waals surface area contributed by atoms with Crippen molar-refractivity contribution in [1.82, 2.24) is 10.6 Å². The molecule has 1 atom stereocenters. The molecule has 0 unspecified atom stereocenters. The highest BCUT2D eigenvalue weighted by atomic mass is 32.1. The lowest BCUT2D eigenvalue weighted by Gasteiger charge is -2.30. The Morgan fingerprint density at radius 2 is 1.79 bits per heavy atom. The lowest BCUT2D eigenvalue weighted by Crippen LogP contribution is -2.45. The van der Waals surface area contributed by atoms with Crippen molar-refractivity contribution in [3.8, 4) is 0 Å². The number of benzene rings is 1. The van der Waals surface area contributed by atoms with Gasteiger partial charge in [-0.3, -0.25) is 0 Å². The van der Waals surface area contributed by atoms with Crippen LogP contribution < -0.4 is 15.5 Å². The fraction of sp³-hybridized carbons (Fsp3) is 0.545. The van der Waals surface area contributed by atoms with E-state index in [0.717, 1.165) is 50.0 Å². The molecule has 6 heteroatoms. The topological polar surface area (TPSA) is 53.6 Å². The van der Waals surface area contributed by atoms with Gasteiger partial charge in [-0.05, 0) is 57.1 Å². The number of carbonyl (C=O) groups is 1. The molecule has 2 N–H and O–H groups in total. The molecular formula is C22H33N3O2S. The first-order valence-corrected chi connectivity index (χ1v) is 10.7. The summed E-state index contributed by atoms with van der Waals surface area (Å²) in [6.45, 7) is 10.7. The van der Waals surface area contributed by atoms with E-state index >= 15 is 0 Å². The Balaban J connectivity index is 2.17. The van der Waals surface area contributed by atoms with Gasteiger partial charge in [-0.1, -0.05) is 38.3 Å². The van der Waals surface area contributed by atoms with E-state index in [-0.39, 0.29) is 12.0 Å². The normalized spacial score (nSPS) is 16.4. The minimum absolute atomic E-state index is 0.283. The van der Waals surface area contributed by atoms with Gasteiger partial charge in [0, 0.05) is 24.5 Å². The van der Waals surface area contributed by atoms with E-state index in [0.29, 0.717) is 17.3 Å². The first-order valence-electron chi connectivity index (χ1n) is 10.3. The standard InChI is InChI=1S/C22H33N3O2S/c1-5-8-9-10-15-27-21(26)19-16(4)23-22(28)24-20(19)17-11-13-18(14-12-17)25(6-2)7-3/h11-14,20H,5-10,15H2,1-4H3,(H2,23,24,28)/t20-/m0/s1. The number of nitrogens with one attached hydrogen (secondary N) is 2. The van der Waals surface area contributed by atoms with Crippen LogP contribution in [0.2, 0.25) is 0 Å². The van der Waals surface area contributed by atoms with E-state index in [9.17, 15) is 4.79 Å². The minimum Gasteiger partial charge on any atom is -0.462 e. The summed E-state index contributed by atoms with van der Waals surface area (Å²) >= 11 is 5.32. The molecular weight excluding hydrogens is 370 g/mol. The van der Waals surface area contributed by atoms with Gasteiger partial charge in [0.15, 0.2) is 5.11 Å². The summed E-state index contributed by atoms with van der Waals surface area (Å²) < 4.78 is 5.55. The van der Waals surface area contributed by atoms with Crippen molar-refractivity contribution in [3.63, 3.8) is 0 Å². The maximum absolute atomic E-state index is 12.8. The second kappa shape index (κ2) is 11.1. The molecule has 0 radical (unpaired) electrons. The van der Waals surface area contributed by atoms with Crippen LogP contribution in [0.3, 0.4) is 0 Å². The summed E-state index contributed by atoms with van der Waals surface area (Å²) in [4.78, 5) is 15.1. The van der Waals surface area contributed by atoms with Crippen molar-refractivity contribution in [2.45, 2.75) is 59.4 Å². The largest absolute Gasteiger partial charge is 0.462 e. The fourth-order valence-electron chi connectivity index (χ4n) is 3.45. The zero-order valence-electron chi connectivity index (χ0n) is 17.5. The number of unbranched alkanes of at least 4 members (excludes halogenated alkanes) is 3. The molecule has 0 bridgehead atoms. The number of esters is 1. The van der Waals surface area contributed by atoms with Gasteiger partial charge in [0.2, 0.25) is 0 Å². The highest BCUT2D eigenvalue weighted by molar-refractivity contribution is 7.80. The molecule has 0 amide bonds. The first-order chi connectivity index (χ1) is 13.5. The third-order valence-corrected chi connectivity index (χ3v) is 5.30. The van der Waals surface area contributed by atoms with Crippen LogP contribution in [0, 0.1) is 0 Å². The summed E-state index contributed by atoms with van der Waals surface area (Å²) in [6.07, 6.45) is 4.31. The van der Waals surface area contributed by atoms with Crippen molar-refractivity contribution in [2.24, 2.45) is 0 Å². The van der Waals surface area contributed by atoms with Crippen LogP contribution in [0.15, 0.2) is 35.5 Å². The second-order valence-electron chi connectivity index (χ2n) is 7.03. The van der Waals surface area contributed by atoms with Crippen LogP contribution in [0.1, 0.15) is 65.0 Å². The Hall–Kier alpha value is -2.08. The molecule has 0 spiro atoms. The SMILES string of the molecule is CCCCCCOC(=O)C1=C(C)NC(=S)N[C@H]1c1ccc(N(CC)CC)cc1. The third kappa shape index (κ3) is 5.71. The molecule has 0 saturated heterocycles. The highest BCUT2D eigenvalue weighted by Crippen LogP contribution is 2.29. The van der Waals surface area contributed by atoms with Gasteiger partial charge in [-0.2, -0.15) is 0 Å². The number of hydrogen-bond donors (Lipinski definition) is 2. The molecule has 1 aromatic rings. The lowest BCUT2D eigenvalue weighted by molar-refractivity contribution is -0.139. The number of thiocarbonyl (C=S) groups is 1. The van der Waals surface area contributed by atoms with Crippen molar-refractivity contribution < 1.29 is 9.53 Å². The Kier molecular flexibility index (Phi) is 8.77. The zero-order chi connectivity index (χ0) is 20.5. The number of allylic oxidation sites excluding steroid dienone is 1. The van der Waals surface area contributed by atoms with E-state index in [1.165, 1.54) is 5.69 Å². The van der Waals surface area contributed by atoms with Crippen LogP contribution in [0.4, 0.5) is 5.69 Å². The van der Waals surface area contributed by atoms with Gasteiger partial charge in [-0.25, -0.2) is 4.79 Å². The minimum atomic E-state index is -0.303. The smallest absolute Gasteiger partial charge is 0.338 e. The van der Waals surface area contributed by atoms with Gasteiger partial charge in [-0.15, -0.1) is 0 Å². The maximum Gasteiger partial charge on any atom is 0.338 e. The molecule has 1 aliphatic rings. The average Bonchev–Trinajstić information content (AvgIpc) is 2.68. The van der Waals surface area contributed by atoms with Crippen LogP contribution >= 0.6 is 12.2 Å². The molecule has 154 valence electrons. The van der Waals surface area contributed by atoms with Gasteiger partial charge in [0.1, 0.15) is 0 Å². The lowest BCUT2D eigenvalue weighted by atomic mass is 9.95. The first kappa shape index (κ1) is 22.2. The monoisotopic (exact) mass is 403 g/mol. The van der Waals surface area contributed by atoms with Gasteiger partial charge in [0.05, 0.1) is 18.2 Å². The number of hydrogen-bond acceptors (Lipinski definition) is 4. The summed E-state index contributed by atoms with van der Waals surface area (Å²) in [6, 6.07) is 8.00. The Morgan fingerprint density at radius 1 is 1.11 bits per heavy atom. The fourth-order valence-corrected chi connectivity index (χ4v) is 3.72. The molecule has 1 aromatic carbocycles. The van der Waals surface area contributed by atoms with Crippen LogP contribution in [0.25, 0.3) is 0 Å². The summed E-state index contributed by atoms with van der Waals surface area (Å²) in [5, 5.41) is 6.81. The highest BCUT2D eigenvalue weighted by Gasteiger charge is 2.30. The molecule has 2 rings (SSSR count). The van der Waals surface area contributed by atoms with Crippen LogP contribution in [-0.2, 0) is 9.53 Å². The predicted octanol–water partition coefficient (Wildman–Crippen LogP) is 4.45. The average molecular weight is 404 g/mol. The molecule has 5 nitrogen and oxygen atoms in total. The zero-order valence-corrected chi connectivity index (χ0v) is 18.3. The Bertz CT molecular complexity index is 696. The Labute approximate surface area is 174 Å². The molecule has 1 aliphatic heterocycles. The van der Waals surface area contributed by atoms with E-state index in [4.69, 9.17) is 17.0 Å². The number of rotatable bonds is 10. The molecule has 1 heterocycles. The second-order valence-corrected chi connectivity index (χ2v) is 7.44. The third-order valence-electron chi connectivity index (χ3n) is 5.08. The van der Waals surface area contributed by atoms with E-state index < -0.39 is 0 Å². The molecule has 0 aliphatic carbocycles.